The molecule has 0 saturated carbocycles. The summed E-state index contributed by atoms with van der Waals surface area (Å²) in [7, 11) is 0. The van der Waals surface area contributed by atoms with Crippen molar-refractivity contribution in [3.63, 3.8) is 0 Å². The summed E-state index contributed by atoms with van der Waals surface area (Å²) in [6.45, 7) is 4.33. The molecule has 0 atom stereocenters. The van der Waals surface area contributed by atoms with Gasteiger partial charge in [-0.3, -0.25) is 0 Å². The standard InChI is InChI=1S/C13H14INS2/c1-3-4-11-8-16-13(17-11)15-12-6-5-10(14)7-9(12)2/h5-8H,3-4H2,1-2H3. The highest BCUT2D eigenvalue weighted by Gasteiger charge is 1.99. The molecule has 1 aromatic heterocycles. The van der Waals surface area contributed by atoms with E-state index in [4.69, 9.17) is 4.99 Å². The Labute approximate surface area is 123 Å². The predicted octanol–water partition coefficient (Wildman–Crippen LogP) is 4.91. The van der Waals surface area contributed by atoms with E-state index in [1.807, 2.05) is 11.3 Å². The van der Waals surface area contributed by atoms with Crippen molar-refractivity contribution in [2.75, 3.05) is 0 Å². The highest BCUT2D eigenvalue weighted by Crippen LogP contribution is 2.21. The maximum Gasteiger partial charge on any atom is 0.171 e. The third kappa shape index (κ3) is 3.63. The molecular formula is C13H14INS2. The second kappa shape index (κ2) is 6.11. The lowest BCUT2D eigenvalue weighted by Gasteiger charge is -1.98. The van der Waals surface area contributed by atoms with Gasteiger partial charge in [0, 0.05) is 13.8 Å². The Balaban J connectivity index is 2.34. The minimum Gasteiger partial charge on any atom is -0.227 e. The molecule has 0 N–H and O–H groups in total. The van der Waals surface area contributed by atoms with Crippen LogP contribution in [0.5, 0.6) is 0 Å². The van der Waals surface area contributed by atoms with Gasteiger partial charge in [-0.1, -0.05) is 13.3 Å². The lowest BCUT2D eigenvalue weighted by Crippen LogP contribution is -1.86. The van der Waals surface area contributed by atoms with Gasteiger partial charge in [0.2, 0.25) is 0 Å². The SMILES string of the molecule is CCCc1csc(=Nc2ccc(I)cc2C)s1. The summed E-state index contributed by atoms with van der Waals surface area (Å²) < 4.78 is 2.42. The number of benzene rings is 1. The Hall–Kier alpha value is -0.200. The maximum absolute atomic E-state index is 4.72. The van der Waals surface area contributed by atoms with Crippen molar-refractivity contribution >= 4 is 51.0 Å². The summed E-state index contributed by atoms with van der Waals surface area (Å²) in [5, 5.41) is 2.23. The molecule has 0 aliphatic rings. The first-order valence-electron chi connectivity index (χ1n) is 5.57. The van der Waals surface area contributed by atoms with Gasteiger partial charge in [-0.25, -0.2) is 4.99 Å². The smallest absolute Gasteiger partial charge is 0.171 e. The van der Waals surface area contributed by atoms with Crippen LogP contribution in [0.4, 0.5) is 5.69 Å². The third-order valence-corrected chi connectivity index (χ3v) is 5.28. The van der Waals surface area contributed by atoms with Gasteiger partial charge in [0.1, 0.15) is 0 Å². The van der Waals surface area contributed by atoms with Gasteiger partial charge in [0.25, 0.3) is 0 Å². The van der Waals surface area contributed by atoms with Gasteiger partial charge in [-0.2, -0.15) is 0 Å². The molecule has 0 aliphatic carbocycles. The summed E-state index contributed by atoms with van der Waals surface area (Å²) in [6, 6.07) is 6.38. The zero-order valence-electron chi connectivity index (χ0n) is 9.87. The summed E-state index contributed by atoms with van der Waals surface area (Å²) in [6.07, 6.45) is 2.37. The van der Waals surface area contributed by atoms with E-state index in [1.165, 1.54) is 26.9 Å². The molecule has 1 aromatic carbocycles. The molecule has 0 amide bonds. The highest BCUT2D eigenvalue weighted by atomic mass is 127. The van der Waals surface area contributed by atoms with E-state index in [9.17, 15) is 0 Å². The molecule has 0 bridgehead atoms. The van der Waals surface area contributed by atoms with Crippen molar-refractivity contribution in [3.05, 3.63) is 41.6 Å². The van der Waals surface area contributed by atoms with Crippen LogP contribution in [0.15, 0.2) is 28.6 Å². The second-order valence-corrected chi connectivity index (χ2v) is 7.34. The fourth-order valence-electron chi connectivity index (χ4n) is 1.52. The molecule has 0 unspecified atom stereocenters. The van der Waals surface area contributed by atoms with Crippen LogP contribution in [-0.4, -0.2) is 0 Å². The molecule has 0 radical (unpaired) electrons. The van der Waals surface area contributed by atoms with E-state index in [0.717, 1.165) is 9.67 Å². The largest absolute Gasteiger partial charge is 0.227 e. The van der Waals surface area contributed by atoms with Crippen LogP contribution in [0.3, 0.4) is 0 Å². The first-order chi connectivity index (χ1) is 8.19. The highest BCUT2D eigenvalue weighted by molar-refractivity contribution is 14.1. The van der Waals surface area contributed by atoms with Crippen LogP contribution in [0.1, 0.15) is 23.8 Å². The first kappa shape index (κ1) is 13.2. The molecule has 2 rings (SSSR count). The molecule has 0 spiro atoms. The Bertz CT molecular complexity index is 569. The third-order valence-electron chi connectivity index (χ3n) is 2.38. The van der Waals surface area contributed by atoms with Crippen molar-refractivity contribution in [2.45, 2.75) is 26.7 Å². The topological polar surface area (TPSA) is 12.4 Å². The van der Waals surface area contributed by atoms with Gasteiger partial charge in [-0.15, -0.1) is 22.7 Å². The molecule has 0 saturated heterocycles. The Morgan fingerprint density at radius 1 is 1.35 bits per heavy atom. The molecule has 4 heteroatoms. The molecule has 1 nitrogen and oxygen atoms in total. The van der Waals surface area contributed by atoms with E-state index in [-0.39, 0.29) is 0 Å². The van der Waals surface area contributed by atoms with Crippen LogP contribution in [0.2, 0.25) is 0 Å². The number of hydrogen-bond acceptors (Lipinski definition) is 3. The molecule has 2 aromatic rings. The number of rotatable bonds is 3. The molecule has 17 heavy (non-hydrogen) atoms. The Morgan fingerprint density at radius 2 is 2.18 bits per heavy atom. The second-order valence-electron chi connectivity index (χ2n) is 3.86. The average Bonchev–Trinajstić information content (AvgIpc) is 2.71. The number of nitrogens with zero attached hydrogens (tertiary/aromatic N) is 1. The molecule has 1 heterocycles. The Morgan fingerprint density at radius 3 is 2.88 bits per heavy atom. The summed E-state index contributed by atoms with van der Waals surface area (Å²) >= 11 is 5.89. The zero-order valence-corrected chi connectivity index (χ0v) is 13.7. The van der Waals surface area contributed by atoms with Crippen LogP contribution >= 0.6 is 45.3 Å². The van der Waals surface area contributed by atoms with Crippen LogP contribution < -0.4 is 3.98 Å². The minimum absolute atomic E-state index is 1.09. The van der Waals surface area contributed by atoms with E-state index in [2.05, 4.69) is 60.0 Å². The molecule has 0 aliphatic heterocycles. The van der Waals surface area contributed by atoms with E-state index in [0.29, 0.717) is 0 Å². The van der Waals surface area contributed by atoms with E-state index in [1.54, 1.807) is 11.3 Å². The number of aryl methyl sites for hydroxylation is 2. The van der Waals surface area contributed by atoms with Crippen molar-refractivity contribution in [1.29, 1.82) is 0 Å². The summed E-state index contributed by atoms with van der Waals surface area (Å²) in [5.41, 5.74) is 2.33. The molecule has 0 fully saturated rings. The van der Waals surface area contributed by atoms with Gasteiger partial charge in [-0.05, 0) is 59.7 Å². The van der Waals surface area contributed by atoms with Crippen molar-refractivity contribution < 1.29 is 0 Å². The van der Waals surface area contributed by atoms with Gasteiger partial charge in [0.15, 0.2) is 3.98 Å². The van der Waals surface area contributed by atoms with Crippen LogP contribution in [-0.2, 0) is 6.42 Å². The van der Waals surface area contributed by atoms with Crippen LogP contribution in [0, 0.1) is 10.5 Å². The predicted molar refractivity (Wildman–Crippen MR) is 85.3 cm³/mol. The number of hydrogen-bond donors (Lipinski definition) is 0. The van der Waals surface area contributed by atoms with E-state index >= 15 is 0 Å². The lowest BCUT2D eigenvalue weighted by molar-refractivity contribution is 0.941. The summed E-state index contributed by atoms with van der Waals surface area (Å²) in [5.74, 6) is 0. The normalized spacial score (nSPS) is 12.1. The van der Waals surface area contributed by atoms with Crippen molar-refractivity contribution in [3.8, 4) is 0 Å². The molecule has 90 valence electrons. The average molecular weight is 375 g/mol. The lowest BCUT2D eigenvalue weighted by atomic mass is 10.2. The quantitative estimate of drug-likeness (QED) is 0.677. The van der Waals surface area contributed by atoms with Crippen molar-refractivity contribution in [2.24, 2.45) is 4.99 Å². The van der Waals surface area contributed by atoms with Crippen LogP contribution in [0.25, 0.3) is 0 Å². The summed E-state index contributed by atoms with van der Waals surface area (Å²) in [4.78, 5) is 6.16. The van der Waals surface area contributed by atoms with E-state index < -0.39 is 0 Å². The first-order valence-corrected chi connectivity index (χ1v) is 8.35. The Kier molecular flexibility index (Phi) is 4.76. The zero-order chi connectivity index (χ0) is 12.3. The monoisotopic (exact) mass is 375 g/mol. The fourth-order valence-corrected chi connectivity index (χ4v) is 4.34. The van der Waals surface area contributed by atoms with Gasteiger partial charge >= 0.3 is 0 Å². The van der Waals surface area contributed by atoms with Gasteiger partial charge in [0.05, 0.1) is 5.69 Å². The molecular weight excluding hydrogens is 361 g/mol. The number of halogens is 1. The minimum atomic E-state index is 1.09. The van der Waals surface area contributed by atoms with Crippen molar-refractivity contribution in [1.82, 2.24) is 0 Å². The fraction of sp³-hybridized carbons (Fsp3) is 0.308. The van der Waals surface area contributed by atoms with Gasteiger partial charge < -0.3 is 0 Å². The maximum atomic E-state index is 4.72.